The number of carbonyl (C=O) groups is 2. The third kappa shape index (κ3) is 5.63. The maximum absolute atomic E-state index is 12.8. The molecule has 138 valence electrons. The standard InChI is InChI=1S/C18H21ClN4O3/c1-18(2,3)26-17(25)23-15(11-5-4-8-21-10-11)16(24)22-14-7-6-12(19)9-13(14)20/h4-10,15H,20H2,1-3H3,(H,22,24)(H,23,25). The molecular formula is C18H21ClN4O3. The molecule has 2 amide bonds. The summed E-state index contributed by atoms with van der Waals surface area (Å²) in [7, 11) is 0. The number of hydrogen-bond donors (Lipinski definition) is 3. The van der Waals surface area contributed by atoms with Gasteiger partial charge in [-0.3, -0.25) is 9.78 Å². The maximum atomic E-state index is 12.8. The van der Waals surface area contributed by atoms with Gasteiger partial charge in [-0.2, -0.15) is 0 Å². The molecule has 1 aromatic heterocycles. The van der Waals surface area contributed by atoms with E-state index in [1.165, 1.54) is 12.3 Å². The Hall–Kier alpha value is -2.80. The summed E-state index contributed by atoms with van der Waals surface area (Å²) in [6.45, 7) is 5.21. The normalized spacial score (nSPS) is 12.2. The third-order valence-corrected chi connectivity index (χ3v) is 3.45. The topological polar surface area (TPSA) is 106 Å². The number of hydrogen-bond acceptors (Lipinski definition) is 5. The molecule has 0 radical (unpaired) electrons. The van der Waals surface area contributed by atoms with E-state index in [-0.39, 0.29) is 0 Å². The molecule has 2 aromatic rings. The van der Waals surface area contributed by atoms with E-state index in [9.17, 15) is 9.59 Å². The average Bonchev–Trinajstić information content (AvgIpc) is 2.54. The summed E-state index contributed by atoms with van der Waals surface area (Å²) in [5.41, 5.74) is 6.38. The van der Waals surface area contributed by atoms with Crippen LogP contribution in [0, 0.1) is 0 Å². The van der Waals surface area contributed by atoms with E-state index >= 15 is 0 Å². The van der Waals surface area contributed by atoms with Crippen LogP contribution in [-0.4, -0.2) is 22.6 Å². The van der Waals surface area contributed by atoms with Gasteiger partial charge in [0, 0.05) is 23.0 Å². The van der Waals surface area contributed by atoms with Crippen LogP contribution in [0.5, 0.6) is 0 Å². The summed E-state index contributed by atoms with van der Waals surface area (Å²) in [4.78, 5) is 28.9. The molecule has 0 bridgehead atoms. The Morgan fingerprint density at radius 3 is 2.58 bits per heavy atom. The van der Waals surface area contributed by atoms with Crippen LogP contribution in [0.1, 0.15) is 32.4 Å². The van der Waals surface area contributed by atoms with E-state index in [0.717, 1.165) is 0 Å². The number of ether oxygens (including phenoxy) is 1. The molecule has 0 saturated carbocycles. The second-order valence-corrected chi connectivity index (χ2v) is 7.02. The number of pyridine rings is 1. The van der Waals surface area contributed by atoms with Crippen LogP contribution in [-0.2, 0) is 9.53 Å². The fraction of sp³-hybridized carbons (Fsp3) is 0.278. The molecule has 0 saturated heterocycles. The van der Waals surface area contributed by atoms with Gasteiger partial charge in [0.25, 0.3) is 5.91 Å². The number of anilines is 2. The summed E-state index contributed by atoms with van der Waals surface area (Å²) in [6.07, 6.45) is 2.35. The van der Waals surface area contributed by atoms with Crippen LogP contribution >= 0.6 is 11.6 Å². The number of nitrogens with one attached hydrogen (secondary N) is 2. The molecular weight excluding hydrogens is 356 g/mol. The lowest BCUT2D eigenvalue weighted by atomic mass is 10.1. The van der Waals surface area contributed by atoms with Gasteiger partial charge in [0.15, 0.2) is 0 Å². The van der Waals surface area contributed by atoms with Crippen molar-refractivity contribution in [2.45, 2.75) is 32.4 Å². The summed E-state index contributed by atoms with van der Waals surface area (Å²) in [5.74, 6) is -0.488. The maximum Gasteiger partial charge on any atom is 0.408 e. The van der Waals surface area contributed by atoms with Crippen LogP contribution in [0.4, 0.5) is 16.2 Å². The van der Waals surface area contributed by atoms with Gasteiger partial charge in [-0.1, -0.05) is 17.7 Å². The lowest BCUT2D eigenvalue weighted by Gasteiger charge is -2.23. The molecule has 0 aliphatic heterocycles. The molecule has 0 spiro atoms. The molecule has 0 aliphatic carbocycles. The van der Waals surface area contributed by atoms with Crippen molar-refractivity contribution in [1.29, 1.82) is 0 Å². The highest BCUT2D eigenvalue weighted by Gasteiger charge is 2.26. The van der Waals surface area contributed by atoms with Crippen molar-refractivity contribution in [2.75, 3.05) is 11.1 Å². The Kier molecular flexibility index (Phi) is 6.05. The highest BCUT2D eigenvalue weighted by Crippen LogP contribution is 2.24. The molecule has 4 N–H and O–H groups in total. The number of benzene rings is 1. The Balaban J connectivity index is 2.22. The first-order valence-corrected chi connectivity index (χ1v) is 8.29. The Bertz CT molecular complexity index is 791. The first-order chi connectivity index (χ1) is 12.2. The highest BCUT2D eigenvalue weighted by molar-refractivity contribution is 6.31. The van der Waals surface area contributed by atoms with Crippen LogP contribution in [0.15, 0.2) is 42.7 Å². The quantitative estimate of drug-likeness (QED) is 0.708. The Labute approximate surface area is 156 Å². The van der Waals surface area contributed by atoms with Gasteiger partial charge in [0.2, 0.25) is 0 Å². The fourth-order valence-corrected chi connectivity index (χ4v) is 2.31. The van der Waals surface area contributed by atoms with Crippen LogP contribution in [0.25, 0.3) is 0 Å². The predicted molar refractivity (Wildman–Crippen MR) is 101 cm³/mol. The largest absolute Gasteiger partial charge is 0.444 e. The lowest BCUT2D eigenvalue weighted by Crippen LogP contribution is -2.40. The van der Waals surface area contributed by atoms with Crippen molar-refractivity contribution in [2.24, 2.45) is 0 Å². The molecule has 1 unspecified atom stereocenters. The Morgan fingerprint density at radius 2 is 2.00 bits per heavy atom. The first-order valence-electron chi connectivity index (χ1n) is 7.91. The first kappa shape index (κ1) is 19.5. The molecule has 2 rings (SSSR count). The van der Waals surface area contributed by atoms with Gasteiger partial charge in [-0.25, -0.2) is 4.79 Å². The second-order valence-electron chi connectivity index (χ2n) is 6.59. The van der Waals surface area contributed by atoms with Crippen molar-refractivity contribution in [3.05, 3.63) is 53.3 Å². The van der Waals surface area contributed by atoms with Gasteiger partial charge >= 0.3 is 6.09 Å². The molecule has 0 aliphatic rings. The van der Waals surface area contributed by atoms with Crippen molar-refractivity contribution in [1.82, 2.24) is 10.3 Å². The number of nitrogen functional groups attached to an aromatic ring is 1. The van der Waals surface area contributed by atoms with Gasteiger partial charge in [-0.15, -0.1) is 0 Å². The van der Waals surface area contributed by atoms with Crippen LogP contribution in [0.2, 0.25) is 5.02 Å². The van der Waals surface area contributed by atoms with Crippen molar-refractivity contribution in [3.63, 3.8) is 0 Å². The zero-order chi connectivity index (χ0) is 19.3. The molecule has 8 heteroatoms. The van der Waals surface area contributed by atoms with E-state index in [4.69, 9.17) is 22.1 Å². The molecule has 26 heavy (non-hydrogen) atoms. The zero-order valence-electron chi connectivity index (χ0n) is 14.7. The minimum Gasteiger partial charge on any atom is -0.444 e. The molecule has 0 fully saturated rings. The van der Waals surface area contributed by atoms with Crippen LogP contribution in [0.3, 0.4) is 0 Å². The number of amides is 2. The minimum atomic E-state index is -1.01. The highest BCUT2D eigenvalue weighted by atomic mass is 35.5. The number of alkyl carbamates (subject to hydrolysis) is 1. The second kappa shape index (κ2) is 8.05. The number of nitrogens with zero attached hydrogens (tertiary/aromatic N) is 1. The fourth-order valence-electron chi connectivity index (χ4n) is 2.12. The molecule has 1 heterocycles. The smallest absolute Gasteiger partial charge is 0.408 e. The van der Waals surface area contributed by atoms with E-state index in [2.05, 4.69) is 15.6 Å². The van der Waals surface area contributed by atoms with E-state index in [1.54, 1.807) is 51.2 Å². The minimum absolute atomic E-state index is 0.313. The SMILES string of the molecule is CC(C)(C)OC(=O)NC(C(=O)Nc1ccc(Cl)cc1N)c1cccnc1. The van der Waals surface area contributed by atoms with Gasteiger partial charge in [-0.05, 0) is 45.0 Å². The van der Waals surface area contributed by atoms with Crippen molar-refractivity contribution >= 4 is 35.0 Å². The monoisotopic (exact) mass is 376 g/mol. The average molecular weight is 377 g/mol. The molecule has 1 atom stereocenters. The predicted octanol–water partition coefficient (Wildman–Crippen LogP) is 3.52. The van der Waals surface area contributed by atoms with E-state index in [1.807, 2.05) is 0 Å². The summed E-state index contributed by atoms with van der Waals surface area (Å²) >= 11 is 5.87. The van der Waals surface area contributed by atoms with E-state index in [0.29, 0.717) is 22.0 Å². The Morgan fingerprint density at radius 1 is 1.27 bits per heavy atom. The molecule has 1 aromatic carbocycles. The summed E-state index contributed by atoms with van der Waals surface area (Å²) in [5, 5.41) is 5.70. The van der Waals surface area contributed by atoms with Crippen molar-refractivity contribution < 1.29 is 14.3 Å². The molecule has 7 nitrogen and oxygen atoms in total. The number of rotatable bonds is 4. The van der Waals surface area contributed by atoms with Gasteiger partial charge < -0.3 is 21.1 Å². The lowest BCUT2D eigenvalue weighted by molar-refractivity contribution is -0.118. The van der Waals surface area contributed by atoms with E-state index < -0.39 is 23.6 Å². The summed E-state index contributed by atoms with van der Waals surface area (Å²) in [6, 6.07) is 7.06. The van der Waals surface area contributed by atoms with Crippen molar-refractivity contribution in [3.8, 4) is 0 Å². The summed E-state index contributed by atoms with van der Waals surface area (Å²) < 4.78 is 5.24. The van der Waals surface area contributed by atoms with Gasteiger partial charge in [0.05, 0.1) is 11.4 Å². The number of carbonyl (C=O) groups excluding carboxylic acids is 2. The zero-order valence-corrected chi connectivity index (χ0v) is 15.5. The van der Waals surface area contributed by atoms with Crippen LogP contribution < -0.4 is 16.4 Å². The van der Waals surface area contributed by atoms with Gasteiger partial charge in [0.1, 0.15) is 11.6 Å². The third-order valence-electron chi connectivity index (χ3n) is 3.21. The number of aromatic nitrogens is 1. The number of halogens is 1. The number of nitrogens with two attached hydrogens (primary N) is 1.